The molecule has 2 aromatic heterocycles. The lowest BCUT2D eigenvalue weighted by Crippen LogP contribution is -2.27. The predicted octanol–water partition coefficient (Wildman–Crippen LogP) is 3.88. The number of imidazole rings is 1. The van der Waals surface area contributed by atoms with Gasteiger partial charge in [0.05, 0.1) is 5.69 Å². The van der Waals surface area contributed by atoms with Gasteiger partial charge in [-0.25, -0.2) is 4.98 Å². The molecular formula is C24H28N4O. The van der Waals surface area contributed by atoms with E-state index in [0.29, 0.717) is 11.3 Å². The average Bonchev–Trinajstić information content (AvgIpc) is 2.91. The number of pyridine rings is 1. The number of hydrogen-bond donors (Lipinski definition) is 1. The van der Waals surface area contributed by atoms with Crippen molar-refractivity contribution in [3.8, 4) is 0 Å². The second-order valence-electron chi connectivity index (χ2n) is 7.84. The second-order valence-corrected chi connectivity index (χ2v) is 7.84. The minimum atomic E-state index is 0.0206. The van der Waals surface area contributed by atoms with Gasteiger partial charge < -0.3 is 14.6 Å². The van der Waals surface area contributed by atoms with E-state index in [2.05, 4.69) is 40.3 Å². The summed E-state index contributed by atoms with van der Waals surface area (Å²) in [4.78, 5) is 19.5. The second kappa shape index (κ2) is 8.21. The zero-order chi connectivity index (χ0) is 20.4. The van der Waals surface area contributed by atoms with Crippen LogP contribution in [0.15, 0.2) is 42.7 Å². The van der Waals surface area contributed by atoms with Gasteiger partial charge >= 0.3 is 0 Å². The van der Waals surface area contributed by atoms with Gasteiger partial charge in [-0.05, 0) is 74.7 Å². The highest BCUT2D eigenvalue weighted by atomic mass is 16.1. The van der Waals surface area contributed by atoms with Crippen molar-refractivity contribution in [3.63, 3.8) is 0 Å². The van der Waals surface area contributed by atoms with Crippen LogP contribution >= 0.6 is 0 Å². The number of aromatic nitrogens is 2. The molecule has 1 aromatic carbocycles. The topological polar surface area (TPSA) is 49.6 Å². The van der Waals surface area contributed by atoms with Crippen molar-refractivity contribution >= 4 is 28.8 Å². The first-order valence-corrected chi connectivity index (χ1v) is 10.3. The SMILES string of the molecule is CC(=O)/C(=C\c1ccc(N2CCCNCC2)cc1C)c1cn2cc(C)ccc2n1. The Kier molecular flexibility index (Phi) is 5.49. The predicted molar refractivity (Wildman–Crippen MR) is 119 cm³/mol. The maximum absolute atomic E-state index is 12.4. The van der Waals surface area contributed by atoms with E-state index in [4.69, 9.17) is 0 Å². The van der Waals surface area contributed by atoms with Crippen molar-refractivity contribution < 1.29 is 4.79 Å². The van der Waals surface area contributed by atoms with E-state index in [9.17, 15) is 4.79 Å². The summed E-state index contributed by atoms with van der Waals surface area (Å²) in [6.45, 7) is 9.95. The molecule has 5 nitrogen and oxygen atoms in total. The number of nitrogens with zero attached hydrogens (tertiary/aromatic N) is 3. The normalized spacial score (nSPS) is 15.6. The highest BCUT2D eigenvalue weighted by Gasteiger charge is 2.14. The van der Waals surface area contributed by atoms with Gasteiger partial charge in [0.1, 0.15) is 5.65 Å². The van der Waals surface area contributed by atoms with Gasteiger partial charge in [0, 0.05) is 43.3 Å². The van der Waals surface area contributed by atoms with E-state index in [1.165, 1.54) is 5.69 Å². The van der Waals surface area contributed by atoms with E-state index < -0.39 is 0 Å². The molecule has 1 N–H and O–H groups in total. The van der Waals surface area contributed by atoms with Gasteiger partial charge in [-0.1, -0.05) is 12.1 Å². The van der Waals surface area contributed by atoms with Gasteiger partial charge in [-0.15, -0.1) is 0 Å². The molecular weight excluding hydrogens is 360 g/mol. The number of nitrogens with one attached hydrogen (secondary N) is 1. The summed E-state index contributed by atoms with van der Waals surface area (Å²) in [5.74, 6) is 0.0206. The van der Waals surface area contributed by atoms with Crippen molar-refractivity contribution in [2.45, 2.75) is 27.2 Å². The monoisotopic (exact) mass is 388 g/mol. The number of Topliss-reactive ketones (excluding diaryl/α,β-unsaturated/α-hetero) is 1. The van der Waals surface area contributed by atoms with Crippen LogP contribution in [-0.4, -0.2) is 41.3 Å². The smallest absolute Gasteiger partial charge is 0.162 e. The quantitative estimate of drug-likeness (QED) is 0.689. The van der Waals surface area contributed by atoms with Crippen LogP contribution in [0.1, 0.15) is 35.7 Å². The number of aryl methyl sites for hydroxylation is 2. The van der Waals surface area contributed by atoms with E-state index in [1.54, 1.807) is 6.92 Å². The molecule has 1 aliphatic heterocycles. The van der Waals surface area contributed by atoms with Crippen LogP contribution in [0.3, 0.4) is 0 Å². The molecule has 1 fully saturated rings. The summed E-state index contributed by atoms with van der Waals surface area (Å²) in [6, 6.07) is 10.5. The van der Waals surface area contributed by atoms with Gasteiger partial charge in [0.25, 0.3) is 0 Å². The lowest BCUT2D eigenvalue weighted by molar-refractivity contribution is -0.111. The van der Waals surface area contributed by atoms with Gasteiger partial charge in [-0.2, -0.15) is 0 Å². The zero-order valence-electron chi connectivity index (χ0n) is 17.4. The Morgan fingerprint density at radius 3 is 2.76 bits per heavy atom. The van der Waals surface area contributed by atoms with Crippen molar-refractivity contribution in [3.05, 3.63) is 65.1 Å². The average molecular weight is 389 g/mol. The fourth-order valence-corrected chi connectivity index (χ4v) is 3.87. The molecule has 150 valence electrons. The fourth-order valence-electron chi connectivity index (χ4n) is 3.87. The Labute approximate surface area is 172 Å². The minimum absolute atomic E-state index is 0.0206. The molecule has 0 bridgehead atoms. The molecule has 4 rings (SSSR count). The van der Waals surface area contributed by atoms with Crippen LogP contribution in [0, 0.1) is 13.8 Å². The summed E-state index contributed by atoms with van der Waals surface area (Å²) < 4.78 is 1.98. The molecule has 1 saturated heterocycles. The van der Waals surface area contributed by atoms with Gasteiger partial charge in [-0.3, -0.25) is 4.79 Å². The third-order valence-corrected chi connectivity index (χ3v) is 5.51. The Morgan fingerprint density at radius 1 is 1.10 bits per heavy atom. The van der Waals surface area contributed by atoms with Gasteiger partial charge in [0.15, 0.2) is 5.78 Å². The number of anilines is 1. The maximum Gasteiger partial charge on any atom is 0.162 e. The molecule has 0 amide bonds. The van der Waals surface area contributed by atoms with Crippen LogP contribution in [0.2, 0.25) is 0 Å². The first kappa shape index (κ1) is 19.4. The van der Waals surface area contributed by atoms with E-state index in [-0.39, 0.29) is 5.78 Å². The number of carbonyl (C=O) groups is 1. The molecule has 0 aliphatic carbocycles. The number of ketones is 1. The minimum Gasteiger partial charge on any atom is -0.370 e. The Morgan fingerprint density at radius 2 is 1.97 bits per heavy atom. The lowest BCUT2D eigenvalue weighted by Gasteiger charge is -2.23. The van der Waals surface area contributed by atoms with E-state index in [0.717, 1.165) is 54.9 Å². The van der Waals surface area contributed by atoms with Crippen molar-refractivity contribution in [1.82, 2.24) is 14.7 Å². The number of allylic oxidation sites excluding steroid dienone is 1. The van der Waals surface area contributed by atoms with Crippen LogP contribution < -0.4 is 10.2 Å². The number of fused-ring (bicyclic) bond motifs is 1. The lowest BCUT2D eigenvalue weighted by atomic mass is 10.0. The summed E-state index contributed by atoms with van der Waals surface area (Å²) in [5.41, 5.74) is 6.82. The highest BCUT2D eigenvalue weighted by Crippen LogP contribution is 2.25. The van der Waals surface area contributed by atoms with Crippen LogP contribution in [-0.2, 0) is 4.79 Å². The molecule has 1 aliphatic rings. The summed E-state index contributed by atoms with van der Waals surface area (Å²) in [5, 5.41) is 3.45. The number of hydrogen-bond acceptors (Lipinski definition) is 4. The third kappa shape index (κ3) is 4.25. The Bertz CT molecular complexity index is 1070. The van der Waals surface area contributed by atoms with Crippen LogP contribution in [0.4, 0.5) is 5.69 Å². The Hall–Kier alpha value is -2.92. The van der Waals surface area contributed by atoms with Crippen molar-refractivity contribution in [2.24, 2.45) is 0 Å². The first-order chi connectivity index (χ1) is 14.0. The summed E-state index contributed by atoms with van der Waals surface area (Å²) in [6.07, 6.45) is 7.09. The molecule has 29 heavy (non-hydrogen) atoms. The molecule has 3 heterocycles. The zero-order valence-corrected chi connectivity index (χ0v) is 17.4. The standard InChI is InChI=1S/C24H28N4O/c1-17-5-8-24-26-23(16-28(24)15-17)22(19(3)29)14-20-6-7-21(13-18(20)2)27-11-4-9-25-10-12-27/h5-8,13-16,25H,4,9-12H2,1-3H3/b22-14+. The number of carbonyl (C=O) groups excluding carboxylic acids is 1. The molecule has 0 atom stereocenters. The largest absolute Gasteiger partial charge is 0.370 e. The maximum atomic E-state index is 12.4. The molecule has 0 saturated carbocycles. The third-order valence-electron chi connectivity index (χ3n) is 5.51. The summed E-state index contributed by atoms with van der Waals surface area (Å²) in [7, 11) is 0. The molecule has 0 spiro atoms. The van der Waals surface area contributed by atoms with Crippen LogP contribution in [0.25, 0.3) is 17.3 Å². The molecule has 0 unspecified atom stereocenters. The summed E-state index contributed by atoms with van der Waals surface area (Å²) >= 11 is 0. The molecule has 0 radical (unpaired) electrons. The van der Waals surface area contributed by atoms with Gasteiger partial charge in [0.2, 0.25) is 0 Å². The van der Waals surface area contributed by atoms with Crippen LogP contribution in [0.5, 0.6) is 0 Å². The van der Waals surface area contributed by atoms with Crippen molar-refractivity contribution in [2.75, 3.05) is 31.1 Å². The Balaban J connectivity index is 1.68. The molecule has 3 aromatic rings. The molecule has 5 heteroatoms. The first-order valence-electron chi connectivity index (χ1n) is 10.3. The van der Waals surface area contributed by atoms with E-state index >= 15 is 0 Å². The highest BCUT2D eigenvalue weighted by molar-refractivity contribution is 6.23. The number of rotatable bonds is 4. The van der Waals surface area contributed by atoms with Crippen molar-refractivity contribution in [1.29, 1.82) is 0 Å². The van der Waals surface area contributed by atoms with E-state index in [1.807, 2.05) is 41.9 Å². The number of benzene rings is 1. The fraction of sp³-hybridized carbons (Fsp3) is 0.333.